The summed E-state index contributed by atoms with van der Waals surface area (Å²) in [5, 5.41) is 24.1. The molecular formula is C27H39N3O8. The number of carbonyl (C=O) groups is 3. The molecule has 3 aliphatic heterocycles. The minimum atomic E-state index is -1.79. The number of rotatable bonds is 8. The van der Waals surface area contributed by atoms with E-state index in [1.807, 2.05) is 19.2 Å². The van der Waals surface area contributed by atoms with Crippen molar-refractivity contribution in [2.75, 3.05) is 26.7 Å². The molecule has 4 fully saturated rings. The maximum atomic E-state index is 11.7. The van der Waals surface area contributed by atoms with Gasteiger partial charge < -0.3 is 35.4 Å². The molecule has 6 atom stereocenters. The average molecular weight is 534 g/mol. The molecule has 1 aromatic rings. The van der Waals surface area contributed by atoms with Crippen LogP contribution in [0.25, 0.3) is 0 Å². The van der Waals surface area contributed by atoms with Crippen LogP contribution >= 0.6 is 0 Å². The van der Waals surface area contributed by atoms with Crippen molar-refractivity contribution in [3.63, 3.8) is 0 Å². The smallest absolute Gasteiger partial charge is 0.333 e. The van der Waals surface area contributed by atoms with Crippen molar-refractivity contribution in [1.82, 2.24) is 9.88 Å². The predicted octanol–water partition coefficient (Wildman–Crippen LogP) is 1.62. The van der Waals surface area contributed by atoms with E-state index in [0.717, 1.165) is 37.4 Å². The second-order valence-electron chi connectivity index (χ2n) is 11.1. The average Bonchev–Trinajstić information content (AvgIpc) is 3.21. The van der Waals surface area contributed by atoms with Crippen LogP contribution in [0, 0.1) is 17.8 Å². The van der Waals surface area contributed by atoms with Gasteiger partial charge >= 0.3 is 11.9 Å². The number of carboxylic acid groups (broad SMARTS) is 2. The maximum Gasteiger partial charge on any atom is 0.333 e. The van der Waals surface area contributed by atoms with E-state index in [2.05, 4.69) is 9.88 Å². The predicted molar refractivity (Wildman–Crippen MR) is 135 cm³/mol. The number of hydrogen-bond donors (Lipinski definition) is 4. The number of ether oxygens (including phenoxy) is 2. The standard InChI is InChI=1S/C23H33N3O3.C4H6O5/c1-28-23(16-7-8-25-21(11-16)22(24)27)17-3-2-4-18(23)14-26(13-17)12-15-9-19-5-6-20(10-15)29-19;5-2(4(8)9)1-3(6)7/h7-8,11,15,17-20H,2-6,9-10,12-14H2,1H3,(H2,24,27);2,5H,1H2,(H,6,7)(H,8,9)/t15?,17?,18?,19-,20+,23?;. The number of carboxylic acids is 2. The number of nitrogens with two attached hydrogens (primary N) is 1. The summed E-state index contributed by atoms with van der Waals surface area (Å²) in [4.78, 5) is 38.0. The third-order valence-electron chi connectivity index (χ3n) is 8.63. The summed E-state index contributed by atoms with van der Waals surface area (Å²) < 4.78 is 12.4. The molecule has 4 bridgehead atoms. The van der Waals surface area contributed by atoms with Crippen LogP contribution in [0.2, 0.25) is 0 Å². The Labute approximate surface area is 222 Å². The first-order chi connectivity index (χ1) is 18.1. The van der Waals surface area contributed by atoms with Gasteiger partial charge in [0.25, 0.3) is 5.91 Å². The lowest BCUT2D eigenvalue weighted by atomic mass is 9.62. The molecular weight excluding hydrogens is 494 g/mol. The summed E-state index contributed by atoms with van der Waals surface area (Å²) in [6, 6.07) is 3.88. The second kappa shape index (κ2) is 12.1. The molecule has 5 rings (SSSR count). The lowest BCUT2D eigenvalue weighted by molar-refractivity contribution is -0.171. The zero-order valence-electron chi connectivity index (χ0n) is 21.8. The van der Waals surface area contributed by atoms with Crippen LogP contribution in [-0.4, -0.2) is 88.1 Å². The van der Waals surface area contributed by atoms with Gasteiger partial charge in [0.05, 0.1) is 18.6 Å². The lowest BCUT2D eigenvalue weighted by Crippen LogP contribution is -2.59. The number of piperidine rings is 1. The number of methoxy groups -OCH3 is 1. The van der Waals surface area contributed by atoms with Crippen molar-refractivity contribution in [2.45, 2.75) is 75.3 Å². The molecule has 0 aromatic carbocycles. The molecule has 38 heavy (non-hydrogen) atoms. The Kier molecular flexibility index (Phi) is 9.02. The number of aliphatic hydroxyl groups excluding tert-OH is 1. The Morgan fingerprint density at radius 2 is 1.79 bits per heavy atom. The number of fused-ring (bicyclic) bond motifs is 4. The summed E-state index contributed by atoms with van der Waals surface area (Å²) in [7, 11) is 1.83. The maximum absolute atomic E-state index is 11.7. The zero-order chi connectivity index (χ0) is 27.4. The van der Waals surface area contributed by atoms with Crippen LogP contribution in [0.3, 0.4) is 0 Å². The molecule has 1 aliphatic carbocycles. The highest BCUT2D eigenvalue weighted by atomic mass is 16.5. The van der Waals surface area contributed by atoms with E-state index >= 15 is 0 Å². The highest BCUT2D eigenvalue weighted by molar-refractivity contribution is 5.90. The molecule has 4 aliphatic rings. The Hall–Kier alpha value is -2.60. The molecule has 1 saturated carbocycles. The highest BCUT2D eigenvalue weighted by Gasteiger charge is 2.53. The number of aliphatic carboxylic acids is 2. The van der Waals surface area contributed by atoms with E-state index < -0.39 is 30.4 Å². The van der Waals surface area contributed by atoms with Crippen LogP contribution in [0.1, 0.15) is 67.4 Å². The number of aromatic nitrogens is 1. The molecule has 0 radical (unpaired) electrons. The summed E-state index contributed by atoms with van der Waals surface area (Å²) in [6.07, 6.45) is 8.70. The SMILES string of the molecule is COC1(c2ccnc(C(N)=O)c2)C2CCCC1CN(CC1C[C@H]3CC[C@@H](C1)O3)C2.O=C(O)CC(O)C(=O)O. The van der Waals surface area contributed by atoms with Gasteiger partial charge in [0.15, 0.2) is 6.10 Å². The van der Waals surface area contributed by atoms with Gasteiger partial charge in [0, 0.05) is 44.8 Å². The Balaban J connectivity index is 0.000000323. The molecule has 1 aromatic heterocycles. The van der Waals surface area contributed by atoms with Crippen molar-refractivity contribution in [1.29, 1.82) is 0 Å². The second-order valence-corrected chi connectivity index (χ2v) is 11.1. The molecule has 4 heterocycles. The Bertz CT molecular complexity index is 994. The molecule has 11 heteroatoms. The van der Waals surface area contributed by atoms with Crippen molar-refractivity contribution in [3.8, 4) is 0 Å². The fraction of sp³-hybridized carbons (Fsp3) is 0.704. The van der Waals surface area contributed by atoms with Gasteiger partial charge in [-0.25, -0.2) is 4.79 Å². The van der Waals surface area contributed by atoms with Gasteiger partial charge in [-0.3, -0.25) is 14.6 Å². The van der Waals surface area contributed by atoms with Crippen LogP contribution in [0.4, 0.5) is 0 Å². The van der Waals surface area contributed by atoms with Gasteiger partial charge in [-0.15, -0.1) is 0 Å². The lowest BCUT2D eigenvalue weighted by Gasteiger charge is -2.56. The molecule has 0 spiro atoms. The zero-order valence-corrected chi connectivity index (χ0v) is 21.8. The topological polar surface area (TPSA) is 173 Å². The fourth-order valence-corrected chi connectivity index (χ4v) is 7.14. The minimum Gasteiger partial charge on any atom is -0.481 e. The number of amides is 1. The molecule has 3 saturated heterocycles. The van der Waals surface area contributed by atoms with Crippen LogP contribution in [0.15, 0.2) is 18.3 Å². The third kappa shape index (κ3) is 6.17. The first-order valence-corrected chi connectivity index (χ1v) is 13.4. The fourth-order valence-electron chi connectivity index (χ4n) is 7.14. The van der Waals surface area contributed by atoms with E-state index in [0.29, 0.717) is 29.7 Å². The Morgan fingerprint density at radius 3 is 2.29 bits per heavy atom. The van der Waals surface area contributed by atoms with Gasteiger partial charge in [0.2, 0.25) is 0 Å². The van der Waals surface area contributed by atoms with E-state index in [1.54, 1.807) is 6.20 Å². The van der Waals surface area contributed by atoms with Gasteiger partial charge in [-0.05, 0) is 62.1 Å². The van der Waals surface area contributed by atoms with Crippen LogP contribution in [-0.2, 0) is 24.7 Å². The van der Waals surface area contributed by atoms with Gasteiger partial charge in [0.1, 0.15) is 11.3 Å². The summed E-state index contributed by atoms with van der Waals surface area (Å²) >= 11 is 0. The van der Waals surface area contributed by atoms with Crippen molar-refractivity contribution < 1.29 is 39.2 Å². The minimum absolute atomic E-state index is 0.331. The summed E-state index contributed by atoms with van der Waals surface area (Å²) in [6.45, 7) is 3.31. The number of carbonyl (C=O) groups excluding carboxylic acids is 1. The molecule has 210 valence electrons. The van der Waals surface area contributed by atoms with E-state index in [9.17, 15) is 14.4 Å². The molecule has 11 nitrogen and oxygen atoms in total. The first kappa shape index (κ1) is 28.4. The van der Waals surface area contributed by atoms with Crippen molar-refractivity contribution >= 4 is 17.8 Å². The monoisotopic (exact) mass is 533 g/mol. The molecule has 4 unspecified atom stereocenters. The number of pyridine rings is 1. The number of nitrogens with zero attached hydrogens (tertiary/aromatic N) is 2. The first-order valence-electron chi connectivity index (χ1n) is 13.4. The normalized spacial score (nSPS) is 33.1. The van der Waals surface area contributed by atoms with Crippen molar-refractivity contribution in [3.05, 3.63) is 29.6 Å². The number of likely N-dealkylation sites (tertiary alicyclic amines) is 1. The molecule has 1 amide bonds. The quantitative estimate of drug-likeness (QED) is 0.385. The number of aliphatic hydroxyl groups is 1. The van der Waals surface area contributed by atoms with E-state index in [-0.39, 0.29) is 5.60 Å². The largest absolute Gasteiger partial charge is 0.481 e. The highest BCUT2D eigenvalue weighted by Crippen LogP contribution is 2.52. The van der Waals surface area contributed by atoms with E-state index in [1.165, 1.54) is 38.6 Å². The third-order valence-corrected chi connectivity index (χ3v) is 8.63. The number of primary amides is 1. The summed E-state index contributed by atoms with van der Waals surface area (Å²) in [5.41, 5.74) is 6.57. The van der Waals surface area contributed by atoms with E-state index in [4.69, 9.17) is 30.5 Å². The van der Waals surface area contributed by atoms with Crippen LogP contribution < -0.4 is 5.73 Å². The number of hydrogen-bond acceptors (Lipinski definition) is 8. The molecule has 5 N–H and O–H groups in total. The van der Waals surface area contributed by atoms with Crippen LogP contribution in [0.5, 0.6) is 0 Å². The van der Waals surface area contributed by atoms with Crippen molar-refractivity contribution in [2.24, 2.45) is 23.5 Å². The van der Waals surface area contributed by atoms with Gasteiger partial charge in [-0.2, -0.15) is 0 Å². The van der Waals surface area contributed by atoms with Gasteiger partial charge in [-0.1, -0.05) is 6.42 Å². The summed E-state index contributed by atoms with van der Waals surface area (Å²) in [5.74, 6) is -1.70. The Morgan fingerprint density at radius 1 is 1.16 bits per heavy atom.